The molecule has 23 heavy (non-hydrogen) atoms. The van der Waals surface area contributed by atoms with Crippen LogP contribution in [0.25, 0.3) is 5.69 Å². The number of nitrogens with zero attached hydrogens (tertiary/aromatic N) is 3. The molecule has 2 aromatic rings. The van der Waals surface area contributed by atoms with Crippen LogP contribution in [0.3, 0.4) is 0 Å². The Hall–Kier alpha value is -1.92. The van der Waals surface area contributed by atoms with Gasteiger partial charge < -0.3 is 10.6 Å². The van der Waals surface area contributed by atoms with Gasteiger partial charge >= 0.3 is 0 Å². The summed E-state index contributed by atoms with van der Waals surface area (Å²) in [6.45, 7) is 6.38. The molecule has 1 aromatic carbocycles. The molecule has 0 aliphatic rings. The van der Waals surface area contributed by atoms with Gasteiger partial charge in [0.2, 0.25) is 5.91 Å². The topological polar surface area (TPSA) is 71.8 Å². The molecular formula is C16H24ClN5O. The summed E-state index contributed by atoms with van der Waals surface area (Å²) in [5, 5.41) is 14.4. The molecule has 1 atom stereocenters. The highest BCUT2D eigenvalue weighted by atomic mass is 35.5. The molecule has 2 N–H and O–H groups in total. The highest BCUT2D eigenvalue weighted by Gasteiger charge is 2.28. The summed E-state index contributed by atoms with van der Waals surface area (Å²) >= 11 is 0. The summed E-state index contributed by atoms with van der Waals surface area (Å²) in [6.07, 6.45) is 1.85. The van der Waals surface area contributed by atoms with Crippen LogP contribution in [0, 0.1) is 5.92 Å². The van der Waals surface area contributed by atoms with Gasteiger partial charge in [0, 0.05) is 12.5 Å². The largest absolute Gasteiger partial charge is 0.345 e. The molecule has 1 amide bonds. The molecule has 0 aliphatic carbocycles. The molecule has 1 heterocycles. The third kappa shape index (κ3) is 4.77. The number of nitrogens with one attached hydrogen (secondary N) is 2. The monoisotopic (exact) mass is 337 g/mol. The number of halogens is 1. The summed E-state index contributed by atoms with van der Waals surface area (Å²) in [6, 6.07) is 9.76. The van der Waals surface area contributed by atoms with E-state index in [1.54, 1.807) is 4.68 Å². The van der Waals surface area contributed by atoms with Gasteiger partial charge in [0.05, 0.1) is 17.4 Å². The van der Waals surface area contributed by atoms with Gasteiger partial charge in [-0.05, 0) is 33.0 Å². The summed E-state index contributed by atoms with van der Waals surface area (Å²) in [4.78, 5) is 12.2. The van der Waals surface area contributed by atoms with Crippen LogP contribution in [0.1, 0.15) is 26.5 Å². The quantitative estimate of drug-likeness (QED) is 0.844. The first-order valence-corrected chi connectivity index (χ1v) is 7.39. The maximum Gasteiger partial charge on any atom is 0.224 e. The molecule has 0 radical (unpaired) electrons. The molecule has 0 aliphatic heterocycles. The van der Waals surface area contributed by atoms with E-state index in [-0.39, 0.29) is 24.2 Å². The van der Waals surface area contributed by atoms with Crippen molar-refractivity contribution in [3.63, 3.8) is 0 Å². The first-order chi connectivity index (χ1) is 10.4. The summed E-state index contributed by atoms with van der Waals surface area (Å²) in [5.41, 5.74) is 1.08. The van der Waals surface area contributed by atoms with Crippen molar-refractivity contribution in [1.29, 1.82) is 0 Å². The van der Waals surface area contributed by atoms with Crippen molar-refractivity contribution in [3.05, 3.63) is 42.2 Å². The van der Waals surface area contributed by atoms with Crippen LogP contribution >= 0.6 is 12.4 Å². The van der Waals surface area contributed by atoms with Crippen molar-refractivity contribution >= 4 is 18.3 Å². The molecule has 1 unspecified atom stereocenters. The predicted octanol–water partition coefficient (Wildman–Crippen LogP) is 1.90. The van der Waals surface area contributed by atoms with Gasteiger partial charge in [-0.25, -0.2) is 4.68 Å². The van der Waals surface area contributed by atoms with E-state index >= 15 is 0 Å². The minimum atomic E-state index is -0.577. The third-order valence-electron chi connectivity index (χ3n) is 3.55. The second-order valence-electron chi connectivity index (χ2n) is 5.96. The lowest BCUT2D eigenvalue weighted by Gasteiger charge is -2.25. The van der Waals surface area contributed by atoms with Crippen LogP contribution in [0.4, 0.5) is 0 Å². The van der Waals surface area contributed by atoms with Crippen LogP contribution in [-0.2, 0) is 10.3 Å². The van der Waals surface area contributed by atoms with E-state index in [2.05, 4.69) is 20.9 Å². The van der Waals surface area contributed by atoms with Crippen LogP contribution in [0.15, 0.2) is 36.5 Å². The Morgan fingerprint density at radius 1 is 1.30 bits per heavy atom. The number of rotatable bonds is 6. The maximum absolute atomic E-state index is 12.2. The molecule has 0 saturated heterocycles. The zero-order valence-corrected chi connectivity index (χ0v) is 14.7. The zero-order chi connectivity index (χ0) is 16.2. The fourth-order valence-corrected chi connectivity index (χ4v) is 2.15. The van der Waals surface area contributed by atoms with Crippen molar-refractivity contribution in [2.75, 3.05) is 13.6 Å². The summed E-state index contributed by atoms with van der Waals surface area (Å²) in [7, 11) is 1.83. The number of carbonyl (C=O) groups is 1. The van der Waals surface area contributed by atoms with Crippen molar-refractivity contribution in [3.8, 4) is 5.69 Å². The minimum absolute atomic E-state index is 0. The molecule has 0 fully saturated rings. The van der Waals surface area contributed by atoms with Gasteiger partial charge in [-0.2, -0.15) is 0 Å². The maximum atomic E-state index is 12.2. The van der Waals surface area contributed by atoms with E-state index in [0.717, 1.165) is 11.4 Å². The lowest BCUT2D eigenvalue weighted by Crippen LogP contribution is -2.45. The van der Waals surface area contributed by atoms with E-state index in [1.165, 1.54) is 0 Å². The van der Waals surface area contributed by atoms with E-state index < -0.39 is 5.54 Å². The van der Waals surface area contributed by atoms with Crippen LogP contribution in [0.2, 0.25) is 0 Å². The van der Waals surface area contributed by atoms with Crippen LogP contribution < -0.4 is 10.6 Å². The van der Waals surface area contributed by atoms with E-state index in [0.29, 0.717) is 6.54 Å². The molecule has 0 saturated carbocycles. The molecule has 6 nitrogen and oxygen atoms in total. The Labute approximate surface area is 143 Å². The van der Waals surface area contributed by atoms with Gasteiger partial charge in [0.1, 0.15) is 5.69 Å². The highest BCUT2D eigenvalue weighted by Crippen LogP contribution is 2.19. The second-order valence-corrected chi connectivity index (χ2v) is 5.96. The number of hydrogen-bond donors (Lipinski definition) is 2. The lowest BCUT2D eigenvalue weighted by atomic mass is 10.00. The molecule has 0 spiro atoms. The predicted molar refractivity (Wildman–Crippen MR) is 92.9 cm³/mol. The molecule has 2 rings (SSSR count). The first-order valence-electron chi connectivity index (χ1n) is 7.39. The highest BCUT2D eigenvalue weighted by molar-refractivity contribution is 5.85. The first kappa shape index (κ1) is 19.1. The molecule has 7 heteroatoms. The van der Waals surface area contributed by atoms with E-state index in [9.17, 15) is 4.79 Å². The van der Waals surface area contributed by atoms with Crippen molar-refractivity contribution < 1.29 is 4.79 Å². The Kier molecular flexibility index (Phi) is 6.72. The van der Waals surface area contributed by atoms with Gasteiger partial charge in [-0.3, -0.25) is 4.79 Å². The fraction of sp³-hybridized carbons (Fsp3) is 0.438. The van der Waals surface area contributed by atoms with Gasteiger partial charge in [0.15, 0.2) is 0 Å². The average Bonchev–Trinajstić information content (AvgIpc) is 2.98. The smallest absolute Gasteiger partial charge is 0.224 e. The number of benzene rings is 1. The average molecular weight is 338 g/mol. The van der Waals surface area contributed by atoms with Gasteiger partial charge in [0.25, 0.3) is 0 Å². The Balaban J connectivity index is 0.00000264. The SMILES string of the molecule is CNCC(C)C(=O)NC(C)(C)c1cn(-c2ccccc2)nn1.Cl. The number of hydrogen-bond acceptors (Lipinski definition) is 4. The molecule has 1 aromatic heterocycles. The molecule has 0 bridgehead atoms. The zero-order valence-electron chi connectivity index (χ0n) is 13.9. The Morgan fingerprint density at radius 2 is 1.96 bits per heavy atom. The Bertz CT molecular complexity index is 626. The molecule has 126 valence electrons. The second kappa shape index (κ2) is 8.08. The van der Waals surface area contributed by atoms with Crippen molar-refractivity contribution in [2.24, 2.45) is 5.92 Å². The van der Waals surface area contributed by atoms with Crippen LogP contribution in [-0.4, -0.2) is 34.5 Å². The number of carbonyl (C=O) groups excluding carboxylic acids is 1. The van der Waals surface area contributed by atoms with Gasteiger partial charge in [-0.1, -0.05) is 30.3 Å². The van der Waals surface area contributed by atoms with Gasteiger partial charge in [-0.15, -0.1) is 17.5 Å². The normalized spacial score (nSPS) is 12.3. The van der Waals surface area contributed by atoms with Crippen molar-refractivity contribution in [2.45, 2.75) is 26.3 Å². The van der Waals surface area contributed by atoms with E-state index in [1.807, 2.05) is 64.3 Å². The number of amides is 1. The standard InChI is InChI=1S/C16H23N5O.ClH/c1-12(10-17-4)15(22)18-16(2,3)14-11-21(20-19-14)13-8-6-5-7-9-13;/h5-9,11-12,17H,10H2,1-4H3,(H,18,22);1H. The summed E-state index contributed by atoms with van der Waals surface area (Å²) < 4.78 is 1.71. The number of aromatic nitrogens is 3. The van der Waals surface area contributed by atoms with Crippen molar-refractivity contribution in [1.82, 2.24) is 25.6 Å². The van der Waals surface area contributed by atoms with Crippen LogP contribution in [0.5, 0.6) is 0 Å². The third-order valence-corrected chi connectivity index (χ3v) is 3.55. The minimum Gasteiger partial charge on any atom is -0.345 e. The lowest BCUT2D eigenvalue weighted by molar-refractivity contribution is -0.126. The fourth-order valence-electron chi connectivity index (χ4n) is 2.15. The molecular weight excluding hydrogens is 314 g/mol. The number of para-hydroxylation sites is 1. The Morgan fingerprint density at radius 3 is 2.57 bits per heavy atom. The van der Waals surface area contributed by atoms with E-state index in [4.69, 9.17) is 0 Å². The summed E-state index contributed by atoms with van der Waals surface area (Å²) in [5.74, 6) is -0.109.